The summed E-state index contributed by atoms with van der Waals surface area (Å²) in [4.78, 5) is 16.4. The molecule has 1 amide bonds. The van der Waals surface area contributed by atoms with Gasteiger partial charge in [-0.25, -0.2) is 4.98 Å². The third-order valence-electron chi connectivity index (χ3n) is 3.00. The van der Waals surface area contributed by atoms with Gasteiger partial charge in [0.15, 0.2) is 0 Å². The van der Waals surface area contributed by atoms with Gasteiger partial charge in [0.25, 0.3) is 5.91 Å². The molecule has 0 aliphatic heterocycles. The van der Waals surface area contributed by atoms with Gasteiger partial charge in [0, 0.05) is 18.5 Å². The first-order valence-electron chi connectivity index (χ1n) is 7.39. The summed E-state index contributed by atoms with van der Waals surface area (Å²) < 4.78 is 5.72. The summed E-state index contributed by atoms with van der Waals surface area (Å²) in [7, 11) is 0. The molecular formula is C16H23Cl2N3O2S. The molecule has 2 N–H and O–H groups in total. The molecule has 24 heavy (non-hydrogen) atoms. The zero-order valence-electron chi connectivity index (χ0n) is 13.5. The highest BCUT2D eigenvalue weighted by Gasteiger charge is 2.11. The van der Waals surface area contributed by atoms with Crippen molar-refractivity contribution in [3.63, 3.8) is 0 Å². The Kier molecular flexibility index (Phi) is 12.3. The Morgan fingerprint density at radius 2 is 2.00 bits per heavy atom. The van der Waals surface area contributed by atoms with Crippen molar-refractivity contribution >= 4 is 42.1 Å². The van der Waals surface area contributed by atoms with Crippen molar-refractivity contribution in [2.45, 2.75) is 20.0 Å². The van der Waals surface area contributed by atoms with Crippen LogP contribution in [0.2, 0.25) is 0 Å². The molecule has 1 heterocycles. The molecule has 134 valence electrons. The van der Waals surface area contributed by atoms with Gasteiger partial charge >= 0.3 is 0 Å². The van der Waals surface area contributed by atoms with E-state index in [0.29, 0.717) is 24.5 Å². The van der Waals surface area contributed by atoms with E-state index in [2.05, 4.69) is 22.5 Å². The third-order valence-corrected chi connectivity index (χ3v) is 3.64. The second-order valence-electron chi connectivity index (χ2n) is 4.77. The predicted octanol–water partition coefficient (Wildman–Crippen LogP) is 3.30. The number of carbonyl (C=O) groups excluding carboxylic acids is 1. The molecule has 0 spiro atoms. The molecule has 2 rings (SSSR count). The average Bonchev–Trinajstić information content (AvgIpc) is 3.06. The molecule has 0 bridgehead atoms. The minimum absolute atomic E-state index is 0. The number of amides is 1. The van der Waals surface area contributed by atoms with Gasteiger partial charge in [-0.1, -0.05) is 19.1 Å². The lowest BCUT2D eigenvalue weighted by atomic mass is 10.2. The molecule has 0 saturated heterocycles. The Balaban J connectivity index is 0.00000264. The molecule has 0 atom stereocenters. The van der Waals surface area contributed by atoms with Crippen molar-refractivity contribution in [2.75, 3.05) is 19.6 Å². The Labute approximate surface area is 159 Å². The van der Waals surface area contributed by atoms with Gasteiger partial charge in [-0.2, -0.15) is 0 Å². The second kappa shape index (κ2) is 13.0. The van der Waals surface area contributed by atoms with Crippen molar-refractivity contribution in [1.29, 1.82) is 0 Å². The quantitative estimate of drug-likeness (QED) is 0.643. The number of nitrogens with zero attached hydrogens (tertiary/aromatic N) is 1. The fraction of sp³-hybridized carbons (Fsp3) is 0.375. The Hall–Kier alpha value is -1.34. The zero-order chi connectivity index (χ0) is 15.6. The van der Waals surface area contributed by atoms with Gasteiger partial charge in [0.2, 0.25) is 0 Å². The van der Waals surface area contributed by atoms with Crippen LogP contribution in [0.15, 0.2) is 35.2 Å². The number of para-hydroxylation sites is 1. The summed E-state index contributed by atoms with van der Waals surface area (Å²) in [5.41, 5.74) is 3.18. The normalized spacial score (nSPS) is 9.54. The largest absolute Gasteiger partial charge is 0.486 e. The van der Waals surface area contributed by atoms with Crippen LogP contribution >= 0.6 is 36.2 Å². The van der Waals surface area contributed by atoms with E-state index in [0.717, 1.165) is 25.2 Å². The number of benzene rings is 1. The van der Waals surface area contributed by atoms with E-state index >= 15 is 0 Å². The fourth-order valence-electron chi connectivity index (χ4n) is 1.90. The summed E-state index contributed by atoms with van der Waals surface area (Å²) >= 11 is 1.53. The summed E-state index contributed by atoms with van der Waals surface area (Å²) in [5, 5.41) is 8.08. The van der Waals surface area contributed by atoms with Crippen LogP contribution in [0, 0.1) is 0 Å². The highest BCUT2D eigenvalue weighted by atomic mass is 35.5. The van der Waals surface area contributed by atoms with Crippen molar-refractivity contribution in [3.05, 3.63) is 46.4 Å². The molecule has 5 nitrogen and oxygen atoms in total. The van der Waals surface area contributed by atoms with E-state index in [9.17, 15) is 4.79 Å². The molecule has 0 aliphatic carbocycles. The molecule has 0 fully saturated rings. The minimum Gasteiger partial charge on any atom is -0.486 e. The summed E-state index contributed by atoms with van der Waals surface area (Å²) in [6.07, 6.45) is 1.08. The molecule has 1 aromatic carbocycles. The van der Waals surface area contributed by atoms with Crippen LogP contribution in [-0.2, 0) is 6.61 Å². The number of nitrogens with one attached hydrogen (secondary N) is 2. The van der Waals surface area contributed by atoms with E-state index in [-0.39, 0.29) is 30.7 Å². The zero-order valence-corrected chi connectivity index (χ0v) is 15.9. The Bertz CT molecular complexity index is 582. The summed E-state index contributed by atoms with van der Waals surface area (Å²) in [6.45, 7) is 4.80. The maximum atomic E-state index is 12.2. The first-order valence-corrected chi connectivity index (χ1v) is 8.33. The molecule has 0 radical (unpaired) electrons. The number of aromatic nitrogens is 1. The molecular weight excluding hydrogens is 369 g/mol. The van der Waals surface area contributed by atoms with Crippen LogP contribution < -0.4 is 15.4 Å². The Morgan fingerprint density at radius 3 is 2.71 bits per heavy atom. The topological polar surface area (TPSA) is 63.2 Å². The van der Waals surface area contributed by atoms with Crippen LogP contribution in [-0.4, -0.2) is 30.5 Å². The molecule has 0 unspecified atom stereocenters. The highest BCUT2D eigenvalue weighted by Crippen LogP contribution is 2.19. The lowest BCUT2D eigenvalue weighted by Crippen LogP contribution is -2.32. The van der Waals surface area contributed by atoms with Gasteiger partial charge in [0.05, 0.1) is 16.8 Å². The monoisotopic (exact) mass is 391 g/mol. The van der Waals surface area contributed by atoms with Crippen molar-refractivity contribution in [3.8, 4) is 5.75 Å². The number of hydrogen-bond donors (Lipinski definition) is 2. The number of carbonyl (C=O) groups is 1. The van der Waals surface area contributed by atoms with Crippen LogP contribution in [0.25, 0.3) is 0 Å². The lowest BCUT2D eigenvalue weighted by molar-refractivity contribution is 0.0949. The standard InChI is InChI=1S/C16H21N3O2S.2ClH/c1-2-7-17-8-9-18-16(20)14-5-3-4-6-15(14)21-10-13-11-22-12-19-13;;/h3-6,11-12,17H,2,7-10H2,1H3,(H,18,20);2*1H. The third kappa shape index (κ3) is 7.49. The summed E-state index contributed by atoms with van der Waals surface area (Å²) in [6, 6.07) is 7.26. The highest BCUT2D eigenvalue weighted by molar-refractivity contribution is 7.07. The second-order valence-corrected chi connectivity index (χ2v) is 5.49. The van der Waals surface area contributed by atoms with Crippen LogP contribution in [0.5, 0.6) is 5.75 Å². The van der Waals surface area contributed by atoms with Crippen LogP contribution in [0.1, 0.15) is 29.4 Å². The van der Waals surface area contributed by atoms with E-state index < -0.39 is 0 Å². The number of ether oxygens (including phenoxy) is 1. The first-order chi connectivity index (χ1) is 10.8. The van der Waals surface area contributed by atoms with Crippen molar-refractivity contribution < 1.29 is 9.53 Å². The smallest absolute Gasteiger partial charge is 0.255 e. The fourth-order valence-corrected chi connectivity index (χ4v) is 2.45. The number of hydrogen-bond acceptors (Lipinski definition) is 5. The van der Waals surface area contributed by atoms with Gasteiger partial charge in [-0.3, -0.25) is 4.79 Å². The minimum atomic E-state index is -0.118. The van der Waals surface area contributed by atoms with Gasteiger partial charge in [-0.05, 0) is 25.1 Å². The summed E-state index contributed by atoms with van der Waals surface area (Å²) in [5.74, 6) is 0.460. The molecule has 0 saturated carbocycles. The van der Waals surface area contributed by atoms with Gasteiger partial charge in [-0.15, -0.1) is 36.2 Å². The Morgan fingerprint density at radius 1 is 1.21 bits per heavy atom. The lowest BCUT2D eigenvalue weighted by Gasteiger charge is -2.11. The number of rotatable bonds is 9. The van der Waals surface area contributed by atoms with Gasteiger partial charge in [0.1, 0.15) is 12.4 Å². The van der Waals surface area contributed by atoms with Crippen molar-refractivity contribution in [2.24, 2.45) is 0 Å². The van der Waals surface area contributed by atoms with E-state index in [1.165, 1.54) is 11.3 Å². The predicted molar refractivity (Wildman–Crippen MR) is 103 cm³/mol. The van der Waals surface area contributed by atoms with Crippen LogP contribution in [0.3, 0.4) is 0 Å². The molecule has 8 heteroatoms. The number of thiazole rings is 1. The van der Waals surface area contributed by atoms with Crippen molar-refractivity contribution in [1.82, 2.24) is 15.6 Å². The van der Waals surface area contributed by atoms with Gasteiger partial charge < -0.3 is 15.4 Å². The number of halogens is 2. The average molecular weight is 392 g/mol. The SMILES string of the molecule is CCCNCCNC(=O)c1ccccc1OCc1cscn1.Cl.Cl. The molecule has 2 aromatic rings. The maximum Gasteiger partial charge on any atom is 0.255 e. The molecule has 1 aromatic heterocycles. The van der Waals surface area contributed by atoms with E-state index in [1.807, 2.05) is 17.5 Å². The maximum absolute atomic E-state index is 12.2. The molecule has 0 aliphatic rings. The van der Waals surface area contributed by atoms with Crippen LogP contribution in [0.4, 0.5) is 0 Å². The van der Waals surface area contributed by atoms with E-state index in [1.54, 1.807) is 17.6 Å². The van der Waals surface area contributed by atoms with E-state index in [4.69, 9.17) is 4.74 Å². The first kappa shape index (κ1) is 22.7.